The number of nitrogens with two attached hydrogens (primary N) is 1. The van der Waals surface area contributed by atoms with Gasteiger partial charge in [0.05, 0.1) is 18.6 Å². The van der Waals surface area contributed by atoms with E-state index in [0.29, 0.717) is 24.9 Å². The van der Waals surface area contributed by atoms with E-state index in [1.807, 2.05) is 38.1 Å². The minimum atomic E-state index is -0.753. The lowest BCUT2D eigenvalue weighted by Gasteiger charge is -2.34. The van der Waals surface area contributed by atoms with Crippen molar-refractivity contribution in [2.24, 2.45) is 17.6 Å². The average Bonchev–Trinajstić information content (AvgIpc) is 3.71. The summed E-state index contributed by atoms with van der Waals surface area (Å²) in [5.74, 6) is -0.528. The van der Waals surface area contributed by atoms with Crippen LogP contribution in [0.4, 0.5) is 5.69 Å². The molecule has 224 valence electrons. The Bertz CT molecular complexity index is 1130. The zero-order valence-corrected chi connectivity index (χ0v) is 24.8. The second-order valence-corrected chi connectivity index (χ2v) is 12.8. The minimum absolute atomic E-state index is 0.000767. The summed E-state index contributed by atoms with van der Waals surface area (Å²) < 4.78 is 0. The highest BCUT2D eigenvalue weighted by atomic mass is 16.2. The van der Waals surface area contributed by atoms with E-state index < -0.39 is 18.1 Å². The SMILES string of the molecule is CC(C)CC(NC(=O)c1ccc(N2CCN(C)CC2)cc1)C(=O)N1CCC2C1C(=O)CN2C(=O)C(N)C1CCCC1. The Kier molecular flexibility index (Phi) is 8.99. The van der Waals surface area contributed by atoms with Crippen LogP contribution in [0.2, 0.25) is 0 Å². The molecule has 0 aromatic heterocycles. The maximum Gasteiger partial charge on any atom is 0.251 e. The molecular formula is C31H46N6O4. The van der Waals surface area contributed by atoms with Crippen LogP contribution >= 0.6 is 0 Å². The number of piperazine rings is 1. The molecule has 41 heavy (non-hydrogen) atoms. The van der Waals surface area contributed by atoms with E-state index in [0.717, 1.165) is 57.5 Å². The quantitative estimate of drug-likeness (QED) is 0.489. The topological polar surface area (TPSA) is 119 Å². The average molecular weight is 567 g/mol. The first-order chi connectivity index (χ1) is 19.6. The Morgan fingerprint density at radius 3 is 2.22 bits per heavy atom. The number of nitrogens with zero attached hydrogens (tertiary/aromatic N) is 4. The third-order valence-electron chi connectivity index (χ3n) is 9.49. The van der Waals surface area contributed by atoms with Crippen molar-refractivity contribution in [2.75, 3.05) is 51.2 Å². The van der Waals surface area contributed by atoms with Crippen LogP contribution in [0.5, 0.6) is 0 Å². The van der Waals surface area contributed by atoms with E-state index in [2.05, 4.69) is 22.2 Å². The van der Waals surface area contributed by atoms with Gasteiger partial charge >= 0.3 is 0 Å². The first-order valence-electron chi connectivity index (χ1n) is 15.4. The van der Waals surface area contributed by atoms with Crippen LogP contribution in [0.3, 0.4) is 0 Å². The van der Waals surface area contributed by atoms with E-state index in [1.54, 1.807) is 9.80 Å². The third kappa shape index (κ3) is 6.28. The zero-order chi connectivity index (χ0) is 29.3. The number of amides is 3. The molecule has 4 aliphatic rings. The molecule has 1 aromatic rings. The molecule has 3 N–H and O–H groups in total. The zero-order valence-electron chi connectivity index (χ0n) is 24.8. The molecule has 0 spiro atoms. The first-order valence-corrected chi connectivity index (χ1v) is 15.4. The van der Waals surface area contributed by atoms with Gasteiger partial charge in [-0.25, -0.2) is 0 Å². The van der Waals surface area contributed by atoms with Gasteiger partial charge in [-0.1, -0.05) is 26.7 Å². The summed E-state index contributed by atoms with van der Waals surface area (Å²) in [6, 6.07) is 5.18. The van der Waals surface area contributed by atoms with Gasteiger partial charge in [-0.05, 0) is 68.8 Å². The highest BCUT2D eigenvalue weighted by Gasteiger charge is 2.53. The lowest BCUT2D eigenvalue weighted by Crippen LogP contribution is -2.53. The summed E-state index contributed by atoms with van der Waals surface area (Å²) in [7, 11) is 2.12. The van der Waals surface area contributed by atoms with Gasteiger partial charge < -0.3 is 30.7 Å². The Morgan fingerprint density at radius 1 is 0.927 bits per heavy atom. The number of ketones is 1. The smallest absolute Gasteiger partial charge is 0.251 e. The van der Waals surface area contributed by atoms with Crippen molar-refractivity contribution in [1.29, 1.82) is 0 Å². The molecule has 1 aliphatic carbocycles. The summed E-state index contributed by atoms with van der Waals surface area (Å²) in [5, 5.41) is 2.97. The number of carbonyl (C=O) groups excluding carboxylic acids is 4. The van der Waals surface area contributed by atoms with Gasteiger partial charge in [0.25, 0.3) is 5.91 Å². The number of hydrogen-bond acceptors (Lipinski definition) is 7. The number of likely N-dealkylation sites (tertiary alicyclic amines) is 2. The molecular weight excluding hydrogens is 520 g/mol. The van der Waals surface area contributed by atoms with Crippen molar-refractivity contribution in [2.45, 2.75) is 76.5 Å². The van der Waals surface area contributed by atoms with Crippen LogP contribution in [-0.2, 0) is 14.4 Å². The number of hydrogen-bond donors (Lipinski definition) is 2. The van der Waals surface area contributed by atoms with Crippen molar-refractivity contribution >= 4 is 29.2 Å². The predicted molar refractivity (Wildman–Crippen MR) is 157 cm³/mol. The number of rotatable bonds is 8. The van der Waals surface area contributed by atoms with Gasteiger partial charge in [0.15, 0.2) is 5.78 Å². The highest BCUT2D eigenvalue weighted by molar-refractivity contribution is 6.01. The van der Waals surface area contributed by atoms with Gasteiger partial charge in [0.1, 0.15) is 12.1 Å². The van der Waals surface area contributed by atoms with Gasteiger partial charge in [-0.3, -0.25) is 19.2 Å². The molecule has 1 aromatic carbocycles. The summed E-state index contributed by atoms with van der Waals surface area (Å²) in [6.45, 7) is 8.29. The normalized spacial score (nSPS) is 25.1. The van der Waals surface area contributed by atoms with Crippen LogP contribution < -0.4 is 16.0 Å². The monoisotopic (exact) mass is 566 g/mol. The number of Topliss-reactive ketones (excluding diaryl/α,β-unsaturated/α-hetero) is 1. The van der Waals surface area contributed by atoms with E-state index in [-0.39, 0.29) is 47.9 Å². The van der Waals surface area contributed by atoms with Crippen LogP contribution in [-0.4, -0.2) is 109 Å². The Hall–Kier alpha value is -2.98. The lowest BCUT2D eigenvalue weighted by molar-refractivity contribution is -0.138. The molecule has 3 heterocycles. The summed E-state index contributed by atoms with van der Waals surface area (Å²) in [6.07, 6.45) is 5.07. The number of nitrogens with one attached hydrogen (secondary N) is 1. The largest absolute Gasteiger partial charge is 0.369 e. The summed E-state index contributed by atoms with van der Waals surface area (Å²) >= 11 is 0. The third-order valence-corrected chi connectivity index (χ3v) is 9.49. The Balaban J connectivity index is 1.24. The van der Waals surface area contributed by atoms with Crippen molar-refractivity contribution < 1.29 is 19.2 Å². The fourth-order valence-corrected chi connectivity index (χ4v) is 7.09. The number of fused-ring (bicyclic) bond motifs is 1. The molecule has 3 amide bonds. The molecule has 1 saturated carbocycles. The van der Waals surface area contributed by atoms with Crippen molar-refractivity contribution in [1.82, 2.24) is 20.0 Å². The fraction of sp³-hybridized carbons (Fsp3) is 0.677. The number of benzene rings is 1. The highest BCUT2D eigenvalue weighted by Crippen LogP contribution is 2.33. The molecule has 5 rings (SSSR count). The second-order valence-electron chi connectivity index (χ2n) is 12.8. The van der Waals surface area contributed by atoms with Gasteiger partial charge in [0.2, 0.25) is 11.8 Å². The molecule has 0 bridgehead atoms. The number of likely N-dealkylation sites (N-methyl/N-ethyl adjacent to an activating group) is 1. The fourth-order valence-electron chi connectivity index (χ4n) is 7.09. The predicted octanol–water partition coefficient (Wildman–Crippen LogP) is 1.48. The van der Waals surface area contributed by atoms with Crippen LogP contribution in [0.25, 0.3) is 0 Å². The van der Waals surface area contributed by atoms with Crippen LogP contribution in [0.1, 0.15) is 62.7 Å². The molecule has 3 saturated heterocycles. The minimum Gasteiger partial charge on any atom is -0.369 e. The molecule has 4 fully saturated rings. The van der Waals surface area contributed by atoms with Crippen molar-refractivity contribution in [3.63, 3.8) is 0 Å². The number of carbonyl (C=O) groups is 4. The molecule has 0 radical (unpaired) electrons. The van der Waals surface area contributed by atoms with Crippen LogP contribution in [0.15, 0.2) is 24.3 Å². The summed E-state index contributed by atoms with van der Waals surface area (Å²) in [5.41, 5.74) is 7.94. The molecule has 10 heteroatoms. The lowest BCUT2D eigenvalue weighted by atomic mass is 9.97. The maximum absolute atomic E-state index is 13.9. The summed E-state index contributed by atoms with van der Waals surface area (Å²) in [4.78, 5) is 61.5. The Morgan fingerprint density at radius 2 is 1.59 bits per heavy atom. The van der Waals surface area contributed by atoms with Crippen molar-refractivity contribution in [3.05, 3.63) is 29.8 Å². The first kappa shape index (κ1) is 29.5. The molecule has 10 nitrogen and oxygen atoms in total. The van der Waals surface area contributed by atoms with E-state index in [1.165, 1.54) is 0 Å². The van der Waals surface area contributed by atoms with E-state index in [9.17, 15) is 19.2 Å². The van der Waals surface area contributed by atoms with Gasteiger partial charge in [0, 0.05) is 44.0 Å². The molecule has 4 atom stereocenters. The molecule has 4 unspecified atom stereocenters. The second kappa shape index (κ2) is 12.5. The van der Waals surface area contributed by atoms with Crippen LogP contribution in [0, 0.1) is 11.8 Å². The molecule has 3 aliphatic heterocycles. The van der Waals surface area contributed by atoms with Gasteiger partial charge in [-0.2, -0.15) is 0 Å². The maximum atomic E-state index is 13.9. The van der Waals surface area contributed by atoms with Gasteiger partial charge in [-0.15, -0.1) is 0 Å². The van der Waals surface area contributed by atoms with Crippen molar-refractivity contribution in [3.8, 4) is 0 Å². The number of anilines is 1. The van der Waals surface area contributed by atoms with E-state index >= 15 is 0 Å². The standard InChI is InChI=1S/C31H46N6O4/c1-20(2)18-24(33-29(39)22-8-10-23(11-9-22)35-16-14-34(3)15-17-35)30(40)36-13-12-25-28(36)26(38)19-37(25)31(41)27(32)21-6-4-5-7-21/h8-11,20-21,24-25,27-28H,4-7,12-19,32H2,1-3H3,(H,33,39). The Labute approximate surface area is 243 Å². The van der Waals surface area contributed by atoms with E-state index in [4.69, 9.17) is 5.73 Å².